The van der Waals surface area contributed by atoms with Crippen LogP contribution in [0.2, 0.25) is 0 Å². The van der Waals surface area contributed by atoms with Gasteiger partial charge in [-0.05, 0) is 46.9 Å². The minimum absolute atomic E-state index is 0.237. The zero-order valence-electron chi connectivity index (χ0n) is 11.5. The average molecular weight is 405 g/mol. The number of anilines is 2. The number of nitrogens with zero attached hydrogens (tertiary/aromatic N) is 1. The van der Waals surface area contributed by atoms with E-state index < -0.39 is 5.91 Å². The lowest BCUT2D eigenvalue weighted by Gasteiger charge is -2.12. The highest BCUT2D eigenvalue weighted by Crippen LogP contribution is 2.22. The minimum atomic E-state index is -0.418. The van der Waals surface area contributed by atoms with Crippen molar-refractivity contribution in [2.45, 2.75) is 6.42 Å². The number of halogens is 1. The maximum Gasteiger partial charge on any atom is 0.256 e. The van der Waals surface area contributed by atoms with Crippen LogP contribution >= 0.6 is 22.6 Å². The van der Waals surface area contributed by atoms with Crippen LogP contribution in [0.25, 0.3) is 0 Å². The van der Waals surface area contributed by atoms with Gasteiger partial charge in [-0.3, -0.25) is 9.59 Å². The Balaban J connectivity index is 2.20. The van der Waals surface area contributed by atoms with E-state index in [2.05, 4.69) is 33.2 Å². The van der Waals surface area contributed by atoms with Crippen LogP contribution < -0.4 is 10.6 Å². The van der Waals surface area contributed by atoms with Crippen LogP contribution in [0.3, 0.4) is 0 Å². The Hall–Kier alpha value is -2.40. The molecule has 0 saturated carbocycles. The molecular formula is C16H12IN3O2. The van der Waals surface area contributed by atoms with E-state index in [-0.39, 0.29) is 12.3 Å². The summed E-state index contributed by atoms with van der Waals surface area (Å²) < 4.78 is 0.837. The first-order chi connectivity index (χ1) is 10.6. The summed E-state index contributed by atoms with van der Waals surface area (Å²) in [4.78, 5) is 23.8. The number of carbonyl (C=O) groups excluding carboxylic acids is 2. The molecule has 0 bridgehead atoms. The summed E-state index contributed by atoms with van der Waals surface area (Å²) in [7, 11) is 0. The first-order valence-electron chi connectivity index (χ1n) is 6.43. The fourth-order valence-corrected chi connectivity index (χ4v) is 2.43. The van der Waals surface area contributed by atoms with Gasteiger partial charge in [0.15, 0.2) is 0 Å². The number of para-hydroxylation sites is 2. The molecule has 0 aliphatic heterocycles. The fraction of sp³-hybridized carbons (Fsp3) is 0.0625. The Morgan fingerprint density at radius 2 is 1.59 bits per heavy atom. The molecule has 0 heterocycles. The summed E-state index contributed by atoms with van der Waals surface area (Å²) in [6, 6.07) is 15.9. The van der Waals surface area contributed by atoms with Crippen molar-refractivity contribution in [3.8, 4) is 6.07 Å². The quantitative estimate of drug-likeness (QED) is 0.766. The molecule has 0 fully saturated rings. The van der Waals surface area contributed by atoms with Crippen molar-refractivity contribution >= 4 is 45.8 Å². The van der Waals surface area contributed by atoms with E-state index in [0.29, 0.717) is 16.9 Å². The van der Waals surface area contributed by atoms with Gasteiger partial charge in [-0.15, -0.1) is 0 Å². The highest BCUT2D eigenvalue weighted by molar-refractivity contribution is 14.1. The zero-order chi connectivity index (χ0) is 15.9. The lowest BCUT2D eigenvalue weighted by molar-refractivity contribution is -0.115. The lowest BCUT2D eigenvalue weighted by atomic mass is 10.2. The Morgan fingerprint density at radius 1 is 1.00 bits per heavy atom. The molecule has 2 rings (SSSR count). The molecule has 2 aromatic carbocycles. The number of amides is 2. The van der Waals surface area contributed by atoms with Gasteiger partial charge in [-0.25, -0.2) is 0 Å². The standard InChI is InChI=1S/C16H12IN3O2/c17-12-6-2-1-5-11(12)16(22)20-14-8-4-3-7-13(14)19-15(21)9-10-18/h1-8H,9H2,(H,19,21)(H,20,22). The Bertz CT molecular complexity index is 753. The van der Waals surface area contributed by atoms with Gasteiger partial charge in [0.25, 0.3) is 5.91 Å². The first-order valence-corrected chi connectivity index (χ1v) is 7.51. The largest absolute Gasteiger partial charge is 0.323 e. The molecular weight excluding hydrogens is 393 g/mol. The van der Waals surface area contributed by atoms with Crippen molar-refractivity contribution in [3.63, 3.8) is 0 Å². The van der Waals surface area contributed by atoms with Gasteiger partial charge in [0, 0.05) is 3.57 Å². The van der Waals surface area contributed by atoms with Crippen LogP contribution in [0, 0.1) is 14.9 Å². The van der Waals surface area contributed by atoms with Crippen molar-refractivity contribution in [2.24, 2.45) is 0 Å². The molecule has 0 radical (unpaired) electrons. The number of nitriles is 1. The maximum absolute atomic E-state index is 12.3. The molecule has 0 unspecified atom stereocenters. The number of hydrogen-bond acceptors (Lipinski definition) is 3. The van der Waals surface area contributed by atoms with Crippen molar-refractivity contribution in [2.75, 3.05) is 10.6 Å². The molecule has 0 aromatic heterocycles. The SMILES string of the molecule is N#CCC(=O)Nc1ccccc1NC(=O)c1ccccc1I. The first kappa shape index (κ1) is 16.0. The number of rotatable bonds is 4. The molecule has 2 N–H and O–H groups in total. The summed E-state index contributed by atoms with van der Waals surface area (Å²) in [6.07, 6.45) is -0.237. The van der Waals surface area contributed by atoms with Crippen LogP contribution in [0.5, 0.6) is 0 Å². The predicted molar refractivity (Wildman–Crippen MR) is 92.4 cm³/mol. The Kier molecular flexibility index (Phi) is 5.49. The highest BCUT2D eigenvalue weighted by atomic mass is 127. The third-order valence-electron chi connectivity index (χ3n) is 2.81. The van der Waals surface area contributed by atoms with Crippen molar-refractivity contribution in [3.05, 3.63) is 57.7 Å². The molecule has 0 saturated heterocycles. The van der Waals surface area contributed by atoms with E-state index in [1.807, 2.05) is 12.1 Å². The maximum atomic E-state index is 12.3. The summed E-state index contributed by atoms with van der Waals surface area (Å²) >= 11 is 2.09. The molecule has 0 aliphatic rings. The number of hydrogen-bond donors (Lipinski definition) is 2. The van der Waals surface area contributed by atoms with Gasteiger partial charge >= 0.3 is 0 Å². The number of nitrogens with one attached hydrogen (secondary N) is 2. The van der Waals surface area contributed by atoms with Crippen LogP contribution in [-0.2, 0) is 4.79 Å². The molecule has 5 nitrogen and oxygen atoms in total. The second-order valence-corrected chi connectivity index (χ2v) is 5.52. The lowest BCUT2D eigenvalue weighted by Crippen LogP contribution is -2.17. The topological polar surface area (TPSA) is 82.0 Å². The molecule has 0 aliphatic carbocycles. The summed E-state index contributed by atoms with van der Waals surface area (Å²) in [5, 5.41) is 13.9. The van der Waals surface area contributed by atoms with Crippen LogP contribution in [-0.4, -0.2) is 11.8 Å². The van der Waals surface area contributed by atoms with E-state index in [0.717, 1.165) is 3.57 Å². The van der Waals surface area contributed by atoms with Gasteiger partial charge in [0.2, 0.25) is 5.91 Å². The smallest absolute Gasteiger partial charge is 0.256 e. The molecule has 22 heavy (non-hydrogen) atoms. The predicted octanol–water partition coefficient (Wildman–Crippen LogP) is 3.40. The van der Waals surface area contributed by atoms with E-state index in [9.17, 15) is 9.59 Å². The van der Waals surface area contributed by atoms with Crippen LogP contribution in [0.15, 0.2) is 48.5 Å². The van der Waals surface area contributed by atoms with Crippen molar-refractivity contribution < 1.29 is 9.59 Å². The molecule has 110 valence electrons. The molecule has 2 aromatic rings. The summed E-state index contributed by atoms with van der Waals surface area (Å²) in [6.45, 7) is 0. The Morgan fingerprint density at radius 3 is 2.23 bits per heavy atom. The van der Waals surface area contributed by atoms with E-state index in [1.54, 1.807) is 42.5 Å². The third-order valence-corrected chi connectivity index (χ3v) is 3.75. The van der Waals surface area contributed by atoms with E-state index in [4.69, 9.17) is 5.26 Å². The molecule has 0 atom stereocenters. The summed E-state index contributed by atoms with van der Waals surface area (Å²) in [5.41, 5.74) is 1.50. The molecule has 2 amide bonds. The number of carbonyl (C=O) groups is 2. The van der Waals surface area contributed by atoms with Crippen molar-refractivity contribution in [1.82, 2.24) is 0 Å². The summed E-state index contributed by atoms with van der Waals surface area (Å²) in [5.74, 6) is -0.675. The van der Waals surface area contributed by atoms with Crippen LogP contribution in [0.4, 0.5) is 11.4 Å². The van der Waals surface area contributed by atoms with Gasteiger partial charge in [0.05, 0.1) is 23.0 Å². The minimum Gasteiger partial charge on any atom is -0.323 e. The number of benzene rings is 2. The normalized spacial score (nSPS) is 9.64. The molecule has 0 spiro atoms. The highest BCUT2D eigenvalue weighted by Gasteiger charge is 2.12. The van der Waals surface area contributed by atoms with Crippen molar-refractivity contribution in [1.29, 1.82) is 5.26 Å². The van der Waals surface area contributed by atoms with Gasteiger partial charge in [-0.2, -0.15) is 5.26 Å². The Labute approximate surface area is 141 Å². The second kappa shape index (κ2) is 7.56. The van der Waals surface area contributed by atoms with E-state index >= 15 is 0 Å². The van der Waals surface area contributed by atoms with E-state index in [1.165, 1.54) is 0 Å². The second-order valence-electron chi connectivity index (χ2n) is 4.36. The average Bonchev–Trinajstić information content (AvgIpc) is 2.50. The zero-order valence-corrected chi connectivity index (χ0v) is 13.6. The van der Waals surface area contributed by atoms with Gasteiger partial charge < -0.3 is 10.6 Å². The third kappa shape index (κ3) is 4.05. The van der Waals surface area contributed by atoms with Crippen LogP contribution in [0.1, 0.15) is 16.8 Å². The monoisotopic (exact) mass is 405 g/mol. The molecule has 6 heteroatoms. The van der Waals surface area contributed by atoms with Gasteiger partial charge in [-0.1, -0.05) is 24.3 Å². The van der Waals surface area contributed by atoms with Gasteiger partial charge in [0.1, 0.15) is 6.42 Å². The fourth-order valence-electron chi connectivity index (χ4n) is 1.80.